The molecule has 7 nitrogen and oxygen atoms in total. The van der Waals surface area contributed by atoms with Crippen LogP contribution in [0.1, 0.15) is 60.4 Å². The Labute approximate surface area is 176 Å². The standard InChI is InChI=1S/C23H27N5O2/c1-15(2)28-22-18(13-24-28)12-19(16(3)25-22)23(30)26-20(17-8-5-4-6-9-17)14-27-11-7-10-21(27)29/h4-6,8-9,12-13,15,20H,7,10-11,14H2,1-3H3,(H,26,30). The van der Waals surface area contributed by atoms with Gasteiger partial charge in [0.25, 0.3) is 5.91 Å². The van der Waals surface area contributed by atoms with Gasteiger partial charge in [-0.1, -0.05) is 30.3 Å². The second kappa shape index (κ2) is 8.26. The van der Waals surface area contributed by atoms with Crippen molar-refractivity contribution in [3.8, 4) is 0 Å². The highest BCUT2D eigenvalue weighted by Gasteiger charge is 2.26. The third kappa shape index (κ3) is 3.92. The van der Waals surface area contributed by atoms with Crippen molar-refractivity contribution >= 4 is 22.8 Å². The zero-order valence-electron chi connectivity index (χ0n) is 17.6. The summed E-state index contributed by atoms with van der Waals surface area (Å²) in [5, 5.41) is 8.37. The van der Waals surface area contributed by atoms with Crippen molar-refractivity contribution in [3.05, 3.63) is 59.4 Å². The molecule has 1 aliphatic rings. The van der Waals surface area contributed by atoms with Crippen LogP contribution in [0, 0.1) is 6.92 Å². The summed E-state index contributed by atoms with van der Waals surface area (Å²) in [5.41, 5.74) is 2.94. The molecular weight excluding hydrogens is 378 g/mol. The SMILES string of the molecule is Cc1nc2c(cnn2C(C)C)cc1C(=O)NC(CN1CCCC1=O)c1ccccc1. The lowest BCUT2D eigenvalue weighted by Crippen LogP contribution is -2.38. The molecule has 2 aromatic heterocycles. The van der Waals surface area contributed by atoms with Crippen molar-refractivity contribution in [3.63, 3.8) is 0 Å². The molecular formula is C23H27N5O2. The molecule has 1 aliphatic heterocycles. The molecule has 1 atom stereocenters. The average Bonchev–Trinajstić information content (AvgIpc) is 3.33. The van der Waals surface area contributed by atoms with E-state index in [1.165, 1.54) is 0 Å². The summed E-state index contributed by atoms with van der Waals surface area (Å²) in [6.45, 7) is 7.14. The lowest BCUT2D eigenvalue weighted by molar-refractivity contribution is -0.128. The molecule has 3 heterocycles. The maximum atomic E-state index is 13.2. The molecule has 0 bridgehead atoms. The minimum absolute atomic E-state index is 0.144. The van der Waals surface area contributed by atoms with Crippen LogP contribution < -0.4 is 5.32 Å². The Kier molecular flexibility index (Phi) is 5.53. The van der Waals surface area contributed by atoms with Crippen molar-refractivity contribution in [1.29, 1.82) is 0 Å². The normalized spacial score (nSPS) is 15.2. The van der Waals surface area contributed by atoms with Gasteiger partial charge in [-0.15, -0.1) is 0 Å². The van der Waals surface area contributed by atoms with E-state index in [0.717, 1.165) is 29.6 Å². The number of rotatable bonds is 6. The highest BCUT2D eigenvalue weighted by atomic mass is 16.2. The number of nitrogens with one attached hydrogen (secondary N) is 1. The molecule has 0 spiro atoms. The molecule has 156 valence electrons. The van der Waals surface area contributed by atoms with Gasteiger partial charge in [-0.05, 0) is 38.8 Å². The number of aromatic nitrogens is 3. The Morgan fingerprint density at radius 1 is 1.23 bits per heavy atom. The number of hydrogen-bond acceptors (Lipinski definition) is 4. The van der Waals surface area contributed by atoms with Crippen LogP contribution in [0.5, 0.6) is 0 Å². The van der Waals surface area contributed by atoms with Gasteiger partial charge in [-0.25, -0.2) is 9.67 Å². The largest absolute Gasteiger partial charge is 0.343 e. The van der Waals surface area contributed by atoms with Crippen LogP contribution in [0.25, 0.3) is 11.0 Å². The van der Waals surface area contributed by atoms with E-state index in [-0.39, 0.29) is 23.9 Å². The van der Waals surface area contributed by atoms with Crippen LogP contribution in [0.2, 0.25) is 0 Å². The number of carbonyl (C=O) groups excluding carboxylic acids is 2. The summed E-state index contributed by atoms with van der Waals surface area (Å²) < 4.78 is 1.86. The Balaban J connectivity index is 1.62. The van der Waals surface area contributed by atoms with Crippen molar-refractivity contribution in [2.45, 2.75) is 45.7 Å². The van der Waals surface area contributed by atoms with Gasteiger partial charge in [-0.2, -0.15) is 5.10 Å². The molecule has 1 N–H and O–H groups in total. The lowest BCUT2D eigenvalue weighted by Gasteiger charge is -2.25. The van der Waals surface area contributed by atoms with Crippen LogP contribution >= 0.6 is 0 Å². The second-order valence-electron chi connectivity index (χ2n) is 8.10. The predicted molar refractivity (Wildman–Crippen MR) is 115 cm³/mol. The summed E-state index contributed by atoms with van der Waals surface area (Å²) >= 11 is 0. The molecule has 0 radical (unpaired) electrons. The zero-order valence-corrected chi connectivity index (χ0v) is 17.6. The third-order valence-corrected chi connectivity index (χ3v) is 5.58. The van der Waals surface area contributed by atoms with Gasteiger partial charge in [0.2, 0.25) is 5.91 Å². The van der Waals surface area contributed by atoms with Crippen LogP contribution in [-0.2, 0) is 4.79 Å². The molecule has 1 unspecified atom stereocenters. The van der Waals surface area contributed by atoms with E-state index in [1.54, 1.807) is 6.20 Å². The molecule has 1 aromatic carbocycles. The van der Waals surface area contributed by atoms with Gasteiger partial charge in [0, 0.05) is 30.9 Å². The van der Waals surface area contributed by atoms with E-state index in [0.29, 0.717) is 24.2 Å². The molecule has 30 heavy (non-hydrogen) atoms. The summed E-state index contributed by atoms with van der Waals surface area (Å²) in [4.78, 5) is 31.8. The fourth-order valence-electron chi connectivity index (χ4n) is 3.95. The van der Waals surface area contributed by atoms with Crippen LogP contribution in [0.3, 0.4) is 0 Å². The van der Waals surface area contributed by atoms with Gasteiger partial charge in [0.1, 0.15) is 0 Å². The van der Waals surface area contributed by atoms with Crippen LogP contribution in [0.15, 0.2) is 42.6 Å². The fraction of sp³-hybridized carbons (Fsp3) is 0.391. The number of aryl methyl sites for hydroxylation is 1. The number of nitrogens with zero attached hydrogens (tertiary/aromatic N) is 4. The monoisotopic (exact) mass is 405 g/mol. The topological polar surface area (TPSA) is 80.1 Å². The minimum atomic E-state index is -0.283. The van der Waals surface area contributed by atoms with Crippen LogP contribution in [0.4, 0.5) is 0 Å². The van der Waals surface area contributed by atoms with Crippen molar-refractivity contribution < 1.29 is 9.59 Å². The Bertz CT molecular complexity index is 1070. The molecule has 1 fully saturated rings. The molecule has 1 saturated heterocycles. The highest BCUT2D eigenvalue weighted by molar-refractivity contribution is 5.98. The van der Waals surface area contributed by atoms with E-state index < -0.39 is 0 Å². The van der Waals surface area contributed by atoms with Gasteiger partial charge in [0.15, 0.2) is 5.65 Å². The smallest absolute Gasteiger partial charge is 0.253 e. The number of benzene rings is 1. The quantitative estimate of drug-likeness (QED) is 0.681. The first-order chi connectivity index (χ1) is 14.4. The number of pyridine rings is 1. The Morgan fingerprint density at radius 2 is 2.00 bits per heavy atom. The summed E-state index contributed by atoms with van der Waals surface area (Å²) in [6.07, 6.45) is 3.19. The zero-order chi connectivity index (χ0) is 21.3. The number of amides is 2. The second-order valence-corrected chi connectivity index (χ2v) is 8.10. The Hall–Kier alpha value is -3.22. The van der Waals surface area contributed by atoms with E-state index in [9.17, 15) is 9.59 Å². The Morgan fingerprint density at radius 3 is 2.67 bits per heavy atom. The molecule has 4 rings (SSSR count). The maximum absolute atomic E-state index is 13.2. The van der Waals surface area contributed by atoms with Crippen molar-refractivity contribution in [2.24, 2.45) is 0 Å². The first-order valence-corrected chi connectivity index (χ1v) is 10.4. The minimum Gasteiger partial charge on any atom is -0.343 e. The highest BCUT2D eigenvalue weighted by Crippen LogP contribution is 2.22. The summed E-state index contributed by atoms with van der Waals surface area (Å²) in [6, 6.07) is 11.5. The first kappa shape index (κ1) is 20.1. The predicted octanol–water partition coefficient (Wildman–Crippen LogP) is 3.41. The maximum Gasteiger partial charge on any atom is 0.253 e. The van der Waals surface area contributed by atoms with Crippen LogP contribution in [-0.4, -0.2) is 44.6 Å². The number of fused-ring (bicyclic) bond motifs is 1. The fourth-order valence-corrected chi connectivity index (χ4v) is 3.95. The van der Waals surface area contributed by atoms with Crippen molar-refractivity contribution in [1.82, 2.24) is 25.0 Å². The molecule has 7 heteroatoms. The van der Waals surface area contributed by atoms with E-state index >= 15 is 0 Å². The number of carbonyl (C=O) groups is 2. The van der Waals surface area contributed by atoms with E-state index in [1.807, 2.05) is 66.8 Å². The number of hydrogen-bond donors (Lipinski definition) is 1. The summed E-state index contributed by atoms with van der Waals surface area (Å²) in [5.74, 6) is -0.0507. The molecule has 0 saturated carbocycles. The summed E-state index contributed by atoms with van der Waals surface area (Å²) in [7, 11) is 0. The van der Waals surface area contributed by atoms with E-state index in [2.05, 4.69) is 15.4 Å². The van der Waals surface area contributed by atoms with E-state index in [4.69, 9.17) is 0 Å². The van der Waals surface area contributed by atoms with Gasteiger partial charge < -0.3 is 10.2 Å². The lowest BCUT2D eigenvalue weighted by atomic mass is 10.0. The van der Waals surface area contributed by atoms with Gasteiger partial charge in [0.05, 0.1) is 23.5 Å². The first-order valence-electron chi connectivity index (χ1n) is 10.4. The van der Waals surface area contributed by atoms with Gasteiger partial charge in [-0.3, -0.25) is 9.59 Å². The van der Waals surface area contributed by atoms with Crippen molar-refractivity contribution in [2.75, 3.05) is 13.1 Å². The van der Waals surface area contributed by atoms with Gasteiger partial charge >= 0.3 is 0 Å². The third-order valence-electron chi connectivity index (χ3n) is 5.58. The number of likely N-dealkylation sites (tertiary alicyclic amines) is 1. The average molecular weight is 406 g/mol. The molecule has 2 amide bonds. The molecule has 3 aromatic rings. The molecule has 0 aliphatic carbocycles.